The van der Waals surface area contributed by atoms with Crippen molar-refractivity contribution in [2.45, 2.75) is 57.3 Å². The lowest BCUT2D eigenvalue weighted by Gasteiger charge is -2.30. The SMILES string of the molecule is COC(C)(C)CO[C@H]1CC[C@H](N)CC1. The quantitative estimate of drug-likeness (QED) is 0.753. The van der Waals surface area contributed by atoms with Crippen molar-refractivity contribution >= 4 is 0 Å². The summed E-state index contributed by atoms with van der Waals surface area (Å²) in [7, 11) is 1.72. The molecule has 0 saturated heterocycles. The molecule has 1 saturated carbocycles. The van der Waals surface area contributed by atoms with Gasteiger partial charge in [-0.05, 0) is 39.5 Å². The molecular weight excluding hydrogens is 178 g/mol. The lowest BCUT2D eigenvalue weighted by molar-refractivity contribution is -0.0829. The van der Waals surface area contributed by atoms with E-state index in [1.807, 2.05) is 13.8 Å². The fourth-order valence-corrected chi connectivity index (χ4v) is 1.63. The Kier molecular flexibility index (Phi) is 4.35. The first kappa shape index (κ1) is 12.0. The summed E-state index contributed by atoms with van der Waals surface area (Å²) in [6, 6.07) is 0.394. The van der Waals surface area contributed by atoms with Crippen LogP contribution in [0.25, 0.3) is 0 Å². The van der Waals surface area contributed by atoms with Crippen LogP contribution in [-0.4, -0.2) is 31.5 Å². The van der Waals surface area contributed by atoms with Crippen LogP contribution in [0.1, 0.15) is 39.5 Å². The summed E-state index contributed by atoms with van der Waals surface area (Å²) in [6.45, 7) is 4.76. The Morgan fingerprint density at radius 2 is 1.79 bits per heavy atom. The van der Waals surface area contributed by atoms with Crippen LogP contribution in [0, 0.1) is 0 Å². The number of hydrogen-bond donors (Lipinski definition) is 1. The molecule has 0 spiro atoms. The van der Waals surface area contributed by atoms with Crippen LogP contribution in [0.5, 0.6) is 0 Å². The molecule has 14 heavy (non-hydrogen) atoms. The van der Waals surface area contributed by atoms with Crippen molar-refractivity contribution in [3.63, 3.8) is 0 Å². The largest absolute Gasteiger partial charge is 0.376 e. The molecular formula is C11H23NO2. The average molecular weight is 201 g/mol. The van der Waals surface area contributed by atoms with Gasteiger partial charge in [-0.1, -0.05) is 0 Å². The van der Waals surface area contributed by atoms with Crippen LogP contribution in [0.4, 0.5) is 0 Å². The third-order valence-electron chi connectivity index (χ3n) is 2.94. The third-order valence-corrected chi connectivity index (χ3v) is 2.94. The second-order valence-corrected chi connectivity index (χ2v) is 4.81. The highest BCUT2D eigenvalue weighted by molar-refractivity contribution is 4.76. The van der Waals surface area contributed by atoms with Crippen LogP contribution in [0.2, 0.25) is 0 Å². The maximum Gasteiger partial charge on any atom is 0.0855 e. The van der Waals surface area contributed by atoms with Gasteiger partial charge in [0.25, 0.3) is 0 Å². The molecule has 0 aromatic rings. The number of methoxy groups -OCH3 is 1. The summed E-state index contributed by atoms with van der Waals surface area (Å²) in [5, 5.41) is 0. The molecule has 0 amide bonds. The molecule has 84 valence electrons. The zero-order valence-electron chi connectivity index (χ0n) is 9.58. The Hall–Kier alpha value is -0.120. The zero-order valence-corrected chi connectivity index (χ0v) is 9.58. The van der Waals surface area contributed by atoms with Gasteiger partial charge in [-0.25, -0.2) is 0 Å². The number of hydrogen-bond acceptors (Lipinski definition) is 3. The molecule has 0 atom stereocenters. The van der Waals surface area contributed by atoms with Gasteiger partial charge in [-0.2, -0.15) is 0 Å². The highest BCUT2D eigenvalue weighted by Gasteiger charge is 2.23. The standard InChI is InChI=1S/C11H23NO2/c1-11(2,13-3)8-14-10-6-4-9(12)5-7-10/h9-10H,4-8,12H2,1-3H3/t9-,10-. The lowest BCUT2D eigenvalue weighted by atomic mass is 9.93. The summed E-state index contributed by atoms with van der Waals surface area (Å²) in [4.78, 5) is 0. The van der Waals surface area contributed by atoms with E-state index in [0.29, 0.717) is 18.8 Å². The minimum Gasteiger partial charge on any atom is -0.376 e. The van der Waals surface area contributed by atoms with E-state index < -0.39 is 0 Å². The van der Waals surface area contributed by atoms with Crippen LogP contribution < -0.4 is 5.73 Å². The Bertz CT molecular complexity index is 163. The minimum absolute atomic E-state index is 0.167. The van der Waals surface area contributed by atoms with Crippen molar-refractivity contribution in [1.29, 1.82) is 0 Å². The van der Waals surface area contributed by atoms with Crippen molar-refractivity contribution in [3.8, 4) is 0 Å². The molecule has 1 aliphatic carbocycles. The highest BCUT2D eigenvalue weighted by atomic mass is 16.5. The topological polar surface area (TPSA) is 44.5 Å². The van der Waals surface area contributed by atoms with Crippen LogP contribution in [0.15, 0.2) is 0 Å². The first-order valence-corrected chi connectivity index (χ1v) is 5.46. The van der Waals surface area contributed by atoms with Gasteiger partial charge in [0.15, 0.2) is 0 Å². The monoisotopic (exact) mass is 201 g/mol. The molecule has 0 bridgehead atoms. The molecule has 0 aromatic carbocycles. The van der Waals surface area contributed by atoms with Gasteiger partial charge in [0, 0.05) is 13.2 Å². The van der Waals surface area contributed by atoms with Crippen molar-refractivity contribution in [2.24, 2.45) is 5.73 Å². The van der Waals surface area contributed by atoms with E-state index >= 15 is 0 Å². The fourth-order valence-electron chi connectivity index (χ4n) is 1.63. The zero-order chi connectivity index (χ0) is 10.6. The van der Waals surface area contributed by atoms with Gasteiger partial charge in [0.1, 0.15) is 0 Å². The molecule has 1 aliphatic rings. The Morgan fingerprint density at radius 3 is 2.29 bits per heavy atom. The van der Waals surface area contributed by atoms with E-state index in [-0.39, 0.29) is 5.60 Å². The normalized spacial score (nSPS) is 29.1. The minimum atomic E-state index is -0.167. The molecule has 2 N–H and O–H groups in total. The van der Waals surface area contributed by atoms with Gasteiger partial charge in [-0.3, -0.25) is 0 Å². The number of ether oxygens (including phenoxy) is 2. The van der Waals surface area contributed by atoms with Crippen molar-refractivity contribution in [1.82, 2.24) is 0 Å². The van der Waals surface area contributed by atoms with Gasteiger partial charge in [0.05, 0.1) is 18.3 Å². The predicted octanol–water partition coefficient (Wildman–Crippen LogP) is 1.70. The van der Waals surface area contributed by atoms with Gasteiger partial charge < -0.3 is 15.2 Å². The third kappa shape index (κ3) is 3.95. The summed E-state index contributed by atoms with van der Waals surface area (Å²) in [5.41, 5.74) is 5.66. The first-order chi connectivity index (χ1) is 6.53. The second-order valence-electron chi connectivity index (χ2n) is 4.81. The Labute approximate surface area is 86.9 Å². The number of nitrogens with two attached hydrogens (primary N) is 1. The molecule has 3 nitrogen and oxygen atoms in total. The molecule has 3 heteroatoms. The summed E-state index contributed by atoms with van der Waals surface area (Å²) in [6.07, 6.45) is 4.78. The van der Waals surface area contributed by atoms with Crippen molar-refractivity contribution in [2.75, 3.05) is 13.7 Å². The van der Waals surface area contributed by atoms with Gasteiger partial charge in [-0.15, -0.1) is 0 Å². The highest BCUT2D eigenvalue weighted by Crippen LogP contribution is 2.21. The van der Waals surface area contributed by atoms with Crippen LogP contribution >= 0.6 is 0 Å². The average Bonchev–Trinajstić information content (AvgIpc) is 2.17. The van der Waals surface area contributed by atoms with E-state index in [9.17, 15) is 0 Å². The first-order valence-electron chi connectivity index (χ1n) is 5.46. The van der Waals surface area contributed by atoms with E-state index in [1.54, 1.807) is 7.11 Å². The molecule has 1 fully saturated rings. The van der Waals surface area contributed by atoms with E-state index in [4.69, 9.17) is 15.2 Å². The second kappa shape index (κ2) is 5.10. The lowest BCUT2D eigenvalue weighted by Crippen LogP contribution is -2.35. The number of rotatable bonds is 4. The Balaban J connectivity index is 2.19. The predicted molar refractivity (Wildman–Crippen MR) is 57.3 cm³/mol. The maximum absolute atomic E-state index is 5.82. The van der Waals surface area contributed by atoms with Crippen LogP contribution in [0.3, 0.4) is 0 Å². The van der Waals surface area contributed by atoms with Crippen molar-refractivity contribution in [3.05, 3.63) is 0 Å². The Morgan fingerprint density at radius 1 is 1.21 bits per heavy atom. The molecule has 0 aromatic heterocycles. The smallest absolute Gasteiger partial charge is 0.0855 e. The summed E-state index contributed by atoms with van der Waals surface area (Å²) >= 11 is 0. The van der Waals surface area contributed by atoms with E-state index in [0.717, 1.165) is 25.7 Å². The van der Waals surface area contributed by atoms with Gasteiger partial charge >= 0.3 is 0 Å². The van der Waals surface area contributed by atoms with E-state index in [2.05, 4.69) is 0 Å². The van der Waals surface area contributed by atoms with Crippen LogP contribution in [-0.2, 0) is 9.47 Å². The molecule has 0 unspecified atom stereocenters. The molecule has 1 rings (SSSR count). The molecule has 0 radical (unpaired) electrons. The molecule has 0 aliphatic heterocycles. The van der Waals surface area contributed by atoms with E-state index in [1.165, 1.54) is 0 Å². The maximum atomic E-state index is 5.82. The molecule has 0 heterocycles. The fraction of sp³-hybridized carbons (Fsp3) is 1.00. The summed E-state index contributed by atoms with van der Waals surface area (Å²) in [5.74, 6) is 0. The summed E-state index contributed by atoms with van der Waals surface area (Å²) < 4.78 is 11.1. The van der Waals surface area contributed by atoms with Crippen molar-refractivity contribution < 1.29 is 9.47 Å². The van der Waals surface area contributed by atoms with Gasteiger partial charge in [0.2, 0.25) is 0 Å².